The predicted molar refractivity (Wildman–Crippen MR) is 99.7 cm³/mol. The number of allylic oxidation sites excluding steroid dienone is 1. The molecule has 0 spiro atoms. The SMILES string of the molecule is C/C=C\c1c(NCC2CC2)nc(-c2ccc(Cl)c(F)c2)nc1C(=O)OC. The van der Waals surface area contributed by atoms with Crippen LogP contribution in [0.5, 0.6) is 0 Å². The smallest absolute Gasteiger partial charge is 0.357 e. The van der Waals surface area contributed by atoms with Gasteiger partial charge in [0.15, 0.2) is 11.5 Å². The monoisotopic (exact) mass is 375 g/mol. The maximum Gasteiger partial charge on any atom is 0.357 e. The van der Waals surface area contributed by atoms with Gasteiger partial charge in [0.2, 0.25) is 0 Å². The molecule has 7 heteroatoms. The largest absolute Gasteiger partial charge is 0.464 e. The Morgan fingerprint density at radius 3 is 2.81 bits per heavy atom. The van der Waals surface area contributed by atoms with Gasteiger partial charge in [0.05, 0.1) is 12.1 Å². The lowest BCUT2D eigenvalue weighted by molar-refractivity contribution is 0.0594. The van der Waals surface area contributed by atoms with Crippen LogP contribution in [-0.4, -0.2) is 29.6 Å². The van der Waals surface area contributed by atoms with E-state index in [2.05, 4.69) is 15.3 Å². The van der Waals surface area contributed by atoms with Crippen LogP contribution in [0.2, 0.25) is 5.02 Å². The Morgan fingerprint density at radius 2 is 2.19 bits per heavy atom. The second-order valence-electron chi connectivity index (χ2n) is 6.10. The highest BCUT2D eigenvalue weighted by Gasteiger charge is 2.24. The van der Waals surface area contributed by atoms with E-state index in [9.17, 15) is 9.18 Å². The van der Waals surface area contributed by atoms with Crippen LogP contribution in [0.3, 0.4) is 0 Å². The summed E-state index contributed by atoms with van der Waals surface area (Å²) in [4.78, 5) is 21.1. The summed E-state index contributed by atoms with van der Waals surface area (Å²) in [6, 6.07) is 4.30. The lowest BCUT2D eigenvalue weighted by Gasteiger charge is -2.14. The zero-order chi connectivity index (χ0) is 18.7. The first kappa shape index (κ1) is 18.3. The number of nitrogens with one attached hydrogen (secondary N) is 1. The molecule has 0 unspecified atom stereocenters. The van der Waals surface area contributed by atoms with Crippen LogP contribution in [0.15, 0.2) is 24.3 Å². The minimum absolute atomic E-state index is 0.0135. The van der Waals surface area contributed by atoms with E-state index in [1.807, 2.05) is 6.92 Å². The number of carbonyl (C=O) groups is 1. The summed E-state index contributed by atoms with van der Waals surface area (Å²) in [5.74, 6) is 0.216. The van der Waals surface area contributed by atoms with Crippen LogP contribution < -0.4 is 5.32 Å². The molecule has 1 aliphatic carbocycles. The minimum Gasteiger partial charge on any atom is -0.464 e. The average molecular weight is 376 g/mol. The summed E-state index contributed by atoms with van der Waals surface area (Å²) in [6.45, 7) is 2.60. The molecule has 2 aromatic rings. The van der Waals surface area contributed by atoms with E-state index in [1.54, 1.807) is 18.2 Å². The van der Waals surface area contributed by atoms with Gasteiger partial charge >= 0.3 is 5.97 Å². The molecule has 0 radical (unpaired) electrons. The summed E-state index contributed by atoms with van der Waals surface area (Å²) >= 11 is 5.75. The number of ether oxygens (including phenoxy) is 1. The van der Waals surface area contributed by atoms with Gasteiger partial charge in [-0.2, -0.15) is 0 Å². The first-order valence-corrected chi connectivity index (χ1v) is 8.73. The Kier molecular flexibility index (Phi) is 5.52. The number of esters is 1. The highest BCUT2D eigenvalue weighted by molar-refractivity contribution is 6.30. The van der Waals surface area contributed by atoms with Gasteiger partial charge in [0.1, 0.15) is 11.6 Å². The number of anilines is 1. The van der Waals surface area contributed by atoms with E-state index >= 15 is 0 Å². The number of hydrogen-bond donors (Lipinski definition) is 1. The van der Waals surface area contributed by atoms with Gasteiger partial charge in [0, 0.05) is 17.7 Å². The molecule has 1 heterocycles. The normalized spacial score (nSPS) is 13.8. The molecule has 3 rings (SSSR count). The van der Waals surface area contributed by atoms with E-state index in [4.69, 9.17) is 16.3 Å². The zero-order valence-corrected chi connectivity index (χ0v) is 15.3. The number of aromatic nitrogens is 2. The molecular formula is C19H19ClFN3O2. The van der Waals surface area contributed by atoms with Crippen molar-refractivity contribution in [3.8, 4) is 11.4 Å². The maximum atomic E-state index is 13.8. The third-order valence-corrected chi connectivity index (χ3v) is 4.40. The molecule has 0 aliphatic heterocycles. The lowest BCUT2D eigenvalue weighted by Crippen LogP contribution is -2.14. The Morgan fingerprint density at radius 1 is 1.42 bits per heavy atom. The summed E-state index contributed by atoms with van der Waals surface area (Å²) in [6.07, 6.45) is 5.91. The first-order chi connectivity index (χ1) is 12.5. The third kappa shape index (κ3) is 4.02. The molecule has 1 saturated carbocycles. The van der Waals surface area contributed by atoms with Crippen molar-refractivity contribution in [2.75, 3.05) is 19.0 Å². The minimum atomic E-state index is -0.578. The van der Waals surface area contributed by atoms with Crippen molar-refractivity contribution < 1.29 is 13.9 Å². The number of rotatable bonds is 6. The van der Waals surface area contributed by atoms with Crippen LogP contribution in [-0.2, 0) is 4.74 Å². The van der Waals surface area contributed by atoms with Crippen LogP contribution >= 0.6 is 11.6 Å². The molecule has 136 valence electrons. The molecule has 1 aromatic heterocycles. The Bertz CT molecular complexity index is 866. The molecule has 0 atom stereocenters. The van der Waals surface area contributed by atoms with Crippen LogP contribution in [0, 0.1) is 11.7 Å². The number of carbonyl (C=O) groups excluding carboxylic acids is 1. The molecule has 1 aromatic carbocycles. The van der Waals surface area contributed by atoms with Gasteiger partial charge in [-0.25, -0.2) is 19.2 Å². The Hall–Kier alpha value is -2.47. The van der Waals surface area contributed by atoms with Crippen LogP contribution in [0.1, 0.15) is 35.8 Å². The number of hydrogen-bond acceptors (Lipinski definition) is 5. The zero-order valence-electron chi connectivity index (χ0n) is 14.6. The fourth-order valence-electron chi connectivity index (χ4n) is 2.51. The topological polar surface area (TPSA) is 64.1 Å². The molecule has 5 nitrogen and oxygen atoms in total. The third-order valence-electron chi connectivity index (χ3n) is 4.09. The molecule has 1 aliphatic rings. The predicted octanol–water partition coefficient (Wildman–Crippen LogP) is 4.58. The molecule has 26 heavy (non-hydrogen) atoms. The van der Waals surface area contributed by atoms with E-state index in [-0.39, 0.29) is 16.5 Å². The lowest BCUT2D eigenvalue weighted by atomic mass is 10.1. The summed E-state index contributed by atoms with van der Waals surface area (Å²) in [7, 11) is 1.29. The highest BCUT2D eigenvalue weighted by atomic mass is 35.5. The molecule has 0 amide bonds. The fraction of sp³-hybridized carbons (Fsp3) is 0.316. The molecule has 1 fully saturated rings. The quantitative estimate of drug-likeness (QED) is 0.749. The van der Waals surface area contributed by atoms with Crippen molar-refractivity contribution in [2.24, 2.45) is 5.92 Å². The number of halogens is 2. The van der Waals surface area contributed by atoms with E-state index in [0.717, 1.165) is 6.54 Å². The van der Waals surface area contributed by atoms with E-state index < -0.39 is 11.8 Å². The van der Waals surface area contributed by atoms with Crippen molar-refractivity contribution in [3.05, 3.63) is 46.4 Å². The Balaban J connectivity index is 2.12. The van der Waals surface area contributed by atoms with Crippen molar-refractivity contribution in [2.45, 2.75) is 19.8 Å². The van der Waals surface area contributed by atoms with Crippen molar-refractivity contribution >= 4 is 29.5 Å². The van der Waals surface area contributed by atoms with Gasteiger partial charge in [-0.1, -0.05) is 23.8 Å². The number of nitrogens with zero attached hydrogens (tertiary/aromatic N) is 2. The van der Waals surface area contributed by atoms with E-state index in [0.29, 0.717) is 22.9 Å². The number of methoxy groups -OCH3 is 1. The molecule has 0 saturated heterocycles. The van der Waals surface area contributed by atoms with Crippen molar-refractivity contribution in [1.29, 1.82) is 0 Å². The van der Waals surface area contributed by atoms with Gasteiger partial charge < -0.3 is 10.1 Å². The van der Waals surface area contributed by atoms with Gasteiger partial charge in [-0.05, 0) is 43.9 Å². The van der Waals surface area contributed by atoms with Crippen molar-refractivity contribution in [1.82, 2.24) is 9.97 Å². The van der Waals surface area contributed by atoms with Gasteiger partial charge in [0.25, 0.3) is 0 Å². The van der Waals surface area contributed by atoms with Gasteiger partial charge in [-0.15, -0.1) is 0 Å². The average Bonchev–Trinajstić information content (AvgIpc) is 3.47. The van der Waals surface area contributed by atoms with Gasteiger partial charge in [-0.3, -0.25) is 0 Å². The molecular weight excluding hydrogens is 357 g/mol. The first-order valence-electron chi connectivity index (χ1n) is 8.35. The van der Waals surface area contributed by atoms with Crippen LogP contribution in [0.4, 0.5) is 10.2 Å². The molecule has 0 bridgehead atoms. The molecule has 1 N–H and O–H groups in total. The fourth-order valence-corrected chi connectivity index (χ4v) is 2.63. The standard InChI is InChI=1S/C19H19ClFN3O2/c1-3-4-13-16(19(25)26-2)23-17(12-7-8-14(20)15(21)9-12)24-18(13)22-10-11-5-6-11/h3-4,7-9,11H,5-6,10H2,1-2H3,(H,22,23,24)/b4-3-. The van der Waals surface area contributed by atoms with Crippen LogP contribution in [0.25, 0.3) is 17.5 Å². The van der Waals surface area contributed by atoms with Crippen molar-refractivity contribution in [3.63, 3.8) is 0 Å². The second kappa shape index (κ2) is 7.83. The maximum absolute atomic E-state index is 13.8. The summed E-state index contributed by atoms with van der Waals surface area (Å²) in [5.41, 5.74) is 1.11. The highest BCUT2D eigenvalue weighted by Crippen LogP contribution is 2.31. The summed E-state index contributed by atoms with van der Waals surface area (Å²) < 4.78 is 18.7. The second-order valence-corrected chi connectivity index (χ2v) is 6.51. The Labute approximate surface area is 156 Å². The van der Waals surface area contributed by atoms with E-state index in [1.165, 1.54) is 32.1 Å². The summed E-state index contributed by atoms with van der Waals surface area (Å²) in [5, 5.41) is 3.30. The number of benzene rings is 1.